The van der Waals surface area contributed by atoms with Crippen LogP contribution in [0.15, 0.2) is 24.3 Å². The zero-order valence-electron chi connectivity index (χ0n) is 12.2. The van der Waals surface area contributed by atoms with Crippen molar-refractivity contribution in [1.29, 1.82) is 0 Å². The molecule has 0 bridgehead atoms. The molecule has 20 heavy (non-hydrogen) atoms. The van der Waals surface area contributed by atoms with E-state index in [4.69, 9.17) is 11.6 Å². The second-order valence-electron chi connectivity index (χ2n) is 5.63. The first-order valence-corrected chi connectivity index (χ1v) is 7.67. The second-order valence-corrected chi connectivity index (χ2v) is 6.07. The van der Waals surface area contributed by atoms with Crippen LogP contribution in [0, 0.1) is 5.92 Å². The summed E-state index contributed by atoms with van der Waals surface area (Å²) in [6.45, 7) is 4.11. The number of piperidine rings is 1. The van der Waals surface area contributed by atoms with E-state index in [1.165, 1.54) is 0 Å². The average molecular weight is 295 g/mol. The molecule has 1 aromatic rings. The molecule has 0 aliphatic carbocycles. The van der Waals surface area contributed by atoms with Crippen molar-refractivity contribution in [2.75, 3.05) is 20.1 Å². The maximum absolute atomic E-state index is 12.4. The monoisotopic (exact) mass is 294 g/mol. The van der Waals surface area contributed by atoms with Crippen LogP contribution in [-0.2, 0) is 4.79 Å². The highest BCUT2D eigenvalue weighted by molar-refractivity contribution is 6.30. The molecule has 1 heterocycles. The van der Waals surface area contributed by atoms with Crippen molar-refractivity contribution in [1.82, 2.24) is 10.2 Å². The van der Waals surface area contributed by atoms with Gasteiger partial charge in [0.05, 0.1) is 6.04 Å². The van der Waals surface area contributed by atoms with E-state index in [2.05, 4.69) is 5.32 Å². The molecule has 3 nitrogen and oxygen atoms in total. The smallest absolute Gasteiger partial charge is 0.223 e. The molecule has 1 aromatic carbocycles. The van der Waals surface area contributed by atoms with E-state index in [9.17, 15) is 4.79 Å². The predicted molar refractivity (Wildman–Crippen MR) is 82.8 cm³/mol. The standard InChI is InChI=1S/C16H23ClN2O/c1-12(14-4-3-5-15(17)11-14)19(2)16(20)10-13-6-8-18-9-7-13/h3-5,11-13,18H,6-10H2,1-2H3. The fourth-order valence-electron chi connectivity index (χ4n) is 2.68. The molecule has 1 N–H and O–H groups in total. The fourth-order valence-corrected chi connectivity index (χ4v) is 2.88. The van der Waals surface area contributed by atoms with E-state index >= 15 is 0 Å². The Labute approximate surface area is 126 Å². The molecule has 1 amide bonds. The number of hydrogen-bond donors (Lipinski definition) is 1. The predicted octanol–water partition coefficient (Wildman–Crippen LogP) is 3.25. The molecule has 1 saturated heterocycles. The van der Waals surface area contributed by atoms with Crippen molar-refractivity contribution in [2.24, 2.45) is 5.92 Å². The Morgan fingerprint density at radius 1 is 1.45 bits per heavy atom. The molecule has 4 heteroatoms. The molecule has 110 valence electrons. The number of hydrogen-bond acceptors (Lipinski definition) is 2. The highest BCUT2D eigenvalue weighted by Gasteiger charge is 2.22. The minimum absolute atomic E-state index is 0.0583. The van der Waals surface area contributed by atoms with Crippen LogP contribution in [0.4, 0.5) is 0 Å². The van der Waals surface area contributed by atoms with Crippen LogP contribution in [0.2, 0.25) is 5.02 Å². The average Bonchev–Trinajstić information content (AvgIpc) is 2.46. The third-order valence-corrected chi connectivity index (χ3v) is 4.46. The summed E-state index contributed by atoms with van der Waals surface area (Å²) in [6, 6.07) is 7.79. The normalized spacial score (nSPS) is 17.8. The van der Waals surface area contributed by atoms with Gasteiger partial charge in [0.2, 0.25) is 5.91 Å². The molecule has 1 aliphatic heterocycles. The summed E-state index contributed by atoms with van der Waals surface area (Å²) in [5, 5.41) is 4.05. The lowest BCUT2D eigenvalue weighted by Gasteiger charge is -2.29. The zero-order valence-corrected chi connectivity index (χ0v) is 13.0. The van der Waals surface area contributed by atoms with Crippen LogP contribution in [-0.4, -0.2) is 30.9 Å². The number of carbonyl (C=O) groups excluding carboxylic acids is 1. The lowest BCUT2D eigenvalue weighted by atomic mass is 9.93. The number of rotatable bonds is 4. The molecule has 0 saturated carbocycles. The first kappa shape index (κ1) is 15.3. The van der Waals surface area contributed by atoms with Crippen LogP contribution >= 0.6 is 11.6 Å². The highest BCUT2D eigenvalue weighted by atomic mass is 35.5. The van der Waals surface area contributed by atoms with Gasteiger partial charge in [0.25, 0.3) is 0 Å². The quantitative estimate of drug-likeness (QED) is 0.924. The van der Waals surface area contributed by atoms with E-state index in [1.54, 1.807) is 0 Å². The molecular formula is C16H23ClN2O. The SMILES string of the molecule is CC(c1cccc(Cl)c1)N(C)C(=O)CC1CCNCC1. The Balaban J connectivity index is 1.95. The molecule has 1 aliphatic rings. The first-order chi connectivity index (χ1) is 9.58. The Morgan fingerprint density at radius 3 is 2.80 bits per heavy atom. The van der Waals surface area contributed by atoms with Crippen molar-refractivity contribution in [3.8, 4) is 0 Å². The number of halogens is 1. The molecule has 0 aromatic heterocycles. The van der Waals surface area contributed by atoms with Gasteiger partial charge in [-0.25, -0.2) is 0 Å². The fraction of sp³-hybridized carbons (Fsp3) is 0.562. The van der Waals surface area contributed by atoms with E-state index in [0.29, 0.717) is 17.4 Å². The minimum Gasteiger partial charge on any atom is -0.339 e. The summed E-state index contributed by atoms with van der Waals surface area (Å²) >= 11 is 6.02. The Kier molecular flexibility index (Phi) is 5.44. The Hall–Kier alpha value is -1.06. The molecule has 1 fully saturated rings. The largest absolute Gasteiger partial charge is 0.339 e. The van der Waals surface area contributed by atoms with Crippen molar-refractivity contribution >= 4 is 17.5 Å². The van der Waals surface area contributed by atoms with Gasteiger partial charge in [0.15, 0.2) is 0 Å². The Morgan fingerprint density at radius 2 is 2.15 bits per heavy atom. The van der Waals surface area contributed by atoms with Gasteiger partial charge in [0.1, 0.15) is 0 Å². The van der Waals surface area contributed by atoms with Gasteiger partial charge >= 0.3 is 0 Å². The topological polar surface area (TPSA) is 32.3 Å². The summed E-state index contributed by atoms with van der Waals surface area (Å²) in [6.07, 6.45) is 2.86. The van der Waals surface area contributed by atoms with Gasteiger partial charge in [-0.3, -0.25) is 4.79 Å². The van der Waals surface area contributed by atoms with Gasteiger partial charge in [0, 0.05) is 18.5 Å². The number of carbonyl (C=O) groups is 1. The third kappa shape index (κ3) is 3.97. The van der Waals surface area contributed by atoms with E-state index in [-0.39, 0.29) is 11.9 Å². The van der Waals surface area contributed by atoms with Crippen LogP contribution in [0.1, 0.15) is 37.8 Å². The second kappa shape index (κ2) is 7.09. The van der Waals surface area contributed by atoms with Gasteiger partial charge in [-0.15, -0.1) is 0 Å². The third-order valence-electron chi connectivity index (χ3n) is 4.23. The van der Waals surface area contributed by atoms with Crippen LogP contribution < -0.4 is 5.32 Å². The maximum atomic E-state index is 12.4. The Bertz CT molecular complexity index is 458. The van der Waals surface area contributed by atoms with Gasteiger partial charge < -0.3 is 10.2 Å². The van der Waals surface area contributed by atoms with E-state index in [0.717, 1.165) is 31.5 Å². The van der Waals surface area contributed by atoms with Crippen molar-refractivity contribution in [2.45, 2.75) is 32.2 Å². The summed E-state index contributed by atoms with van der Waals surface area (Å²) in [7, 11) is 1.88. The van der Waals surface area contributed by atoms with Crippen LogP contribution in [0.5, 0.6) is 0 Å². The van der Waals surface area contributed by atoms with Crippen molar-refractivity contribution in [3.05, 3.63) is 34.9 Å². The number of amides is 1. The van der Waals surface area contributed by atoms with Crippen LogP contribution in [0.25, 0.3) is 0 Å². The summed E-state index contributed by atoms with van der Waals surface area (Å²) in [5.41, 5.74) is 1.08. The number of nitrogens with one attached hydrogen (secondary N) is 1. The number of benzene rings is 1. The molecule has 1 atom stereocenters. The molecule has 1 unspecified atom stereocenters. The molecule has 0 spiro atoms. The van der Waals surface area contributed by atoms with Crippen molar-refractivity contribution in [3.63, 3.8) is 0 Å². The summed E-state index contributed by atoms with van der Waals surface area (Å²) in [5.74, 6) is 0.752. The lowest BCUT2D eigenvalue weighted by Crippen LogP contribution is -2.34. The molecule has 0 radical (unpaired) electrons. The van der Waals surface area contributed by atoms with Gasteiger partial charge in [-0.05, 0) is 56.5 Å². The molecule has 2 rings (SSSR count). The summed E-state index contributed by atoms with van der Waals surface area (Å²) < 4.78 is 0. The van der Waals surface area contributed by atoms with Crippen molar-refractivity contribution < 1.29 is 4.79 Å². The van der Waals surface area contributed by atoms with Gasteiger partial charge in [-0.2, -0.15) is 0 Å². The zero-order chi connectivity index (χ0) is 14.5. The molecular weight excluding hydrogens is 272 g/mol. The van der Waals surface area contributed by atoms with Crippen LogP contribution in [0.3, 0.4) is 0 Å². The highest BCUT2D eigenvalue weighted by Crippen LogP contribution is 2.24. The summed E-state index contributed by atoms with van der Waals surface area (Å²) in [4.78, 5) is 14.2. The van der Waals surface area contributed by atoms with E-state index in [1.807, 2.05) is 43.1 Å². The minimum atomic E-state index is 0.0583. The van der Waals surface area contributed by atoms with Gasteiger partial charge in [-0.1, -0.05) is 23.7 Å². The first-order valence-electron chi connectivity index (χ1n) is 7.29. The number of nitrogens with zero attached hydrogens (tertiary/aromatic N) is 1. The maximum Gasteiger partial charge on any atom is 0.223 e. The lowest BCUT2D eigenvalue weighted by molar-refractivity contribution is -0.133. The van der Waals surface area contributed by atoms with E-state index < -0.39 is 0 Å².